The second-order valence-corrected chi connectivity index (χ2v) is 4.47. The van der Waals surface area contributed by atoms with E-state index >= 15 is 0 Å². The van der Waals surface area contributed by atoms with Crippen LogP contribution in [0.15, 0.2) is 42.9 Å². The monoisotopic (exact) mass is 270 g/mol. The molecule has 19 heavy (non-hydrogen) atoms. The van der Waals surface area contributed by atoms with Crippen molar-refractivity contribution < 1.29 is 4.79 Å². The van der Waals surface area contributed by atoms with Crippen LogP contribution in [-0.2, 0) is 4.79 Å². The lowest BCUT2D eigenvalue weighted by Crippen LogP contribution is -2.13. The first-order valence-electron chi connectivity index (χ1n) is 5.71. The van der Waals surface area contributed by atoms with Crippen LogP contribution in [-0.4, -0.2) is 26.0 Å². The van der Waals surface area contributed by atoms with Crippen molar-refractivity contribution in [3.05, 3.63) is 53.1 Å². The zero-order valence-electron chi connectivity index (χ0n) is 9.85. The van der Waals surface area contributed by atoms with Crippen LogP contribution in [0.25, 0.3) is 11.0 Å². The molecule has 0 amide bonds. The van der Waals surface area contributed by atoms with Crippen LogP contribution >= 0.6 is 12.2 Å². The van der Waals surface area contributed by atoms with Gasteiger partial charge in [-0.15, -0.1) is 0 Å². The number of benzene rings is 1. The summed E-state index contributed by atoms with van der Waals surface area (Å²) in [7, 11) is 0. The summed E-state index contributed by atoms with van der Waals surface area (Å²) < 4.78 is 2.22. The van der Waals surface area contributed by atoms with Crippen molar-refractivity contribution in [3.8, 4) is 0 Å². The fourth-order valence-electron chi connectivity index (χ4n) is 2.00. The molecule has 1 atom stereocenters. The number of hydrogen-bond acceptors (Lipinski definition) is 4. The van der Waals surface area contributed by atoms with Crippen molar-refractivity contribution in [1.29, 1.82) is 0 Å². The lowest BCUT2D eigenvalue weighted by Gasteiger charge is -2.14. The number of rotatable bonds is 3. The smallest absolute Gasteiger partial charge is 0.159 e. The lowest BCUT2D eigenvalue weighted by atomic mass is 10.1. The number of carbonyl (C=O) groups excluding carboxylic acids is 1. The molecule has 0 aliphatic heterocycles. The van der Waals surface area contributed by atoms with Crippen molar-refractivity contribution in [2.24, 2.45) is 0 Å². The molecule has 0 fully saturated rings. The highest BCUT2D eigenvalue weighted by Gasteiger charge is 2.14. The molecule has 1 N–H and O–H groups in total. The molecule has 0 aliphatic rings. The summed E-state index contributed by atoms with van der Waals surface area (Å²) >= 11 is 5.39. The molecule has 0 spiro atoms. The summed E-state index contributed by atoms with van der Waals surface area (Å²) in [6, 6.07) is 8.99. The molecule has 0 radical (unpaired) electrons. The van der Waals surface area contributed by atoms with Gasteiger partial charge in [-0.25, -0.2) is 4.98 Å². The summed E-state index contributed by atoms with van der Waals surface area (Å²) in [6.07, 6.45) is 4.04. The first-order valence-corrected chi connectivity index (χ1v) is 6.12. The van der Waals surface area contributed by atoms with Gasteiger partial charge in [0.1, 0.15) is 17.0 Å². The third-order valence-corrected chi connectivity index (χ3v) is 3.40. The molecule has 1 unspecified atom stereocenters. The molecule has 2 heterocycles. The topological polar surface area (TPSA) is 63.6 Å². The molecule has 3 rings (SSSR count). The van der Waals surface area contributed by atoms with E-state index in [0.29, 0.717) is 10.3 Å². The van der Waals surface area contributed by atoms with Crippen molar-refractivity contribution in [2.75, 3.05) is 0 Å². The maximum absolute atomic E-state index is 11.4. The van der Waals surface area contributed by atoms with Gasteiger partial charge in [0.2, 0.25) is 0 Å². The van der Waals surface area contributed by atoms with E-state index in [1.165, 1.54) is 0 Å². The van der Waals surface area contributed by atoms with Gasteiger partial charge in [-0.3, -0.25) is 5.10 Å². The Bertz CT molecular complexity index is 778. The van der Waals surface area contributed by atoms with Gasteiger partial charge in [-0.05, 0) is 5.56 Å². The van der Waals surface area contributed by atoms with E-state index in [2.05, 4.69) is 15.2 Å². The number of aromatic amines is 1. The van der Waals surface area contributed by atoms with Crippen LogP contribution in [0.4, 0.5) is 0 Å². The molecule has 0 saturated carbocycles. The fourth-order valence-corrected chi connectivity index (χ4v) is 2.31. The number of nitrogens with one attached hydrogen (secondary N) is 1. The number of carbonyl (C=O) groups is 1. The lowest BCUT2D eigenvalue weighted by molar-refractivity contribution is -0.109. The van der Waals surface area contributed by atoms with Crippen molar-refractivity contribution >= 4 is 29.5 Å². The third-order valence-electron chi connectivity index (χ3n) is 2.97. The fraction of sp³-hybridized carbons (Fsp3) is 0.0769. The highest BCUT2D eigenvalue weighted by molar-refractivity contribution is 7.71. The predicted molar refractivity (Wildman–Crippen MR) is 73.4 cm³/mol. The van der Waals surface area contributed by atoms with Gasteiger partial charge in [-0.2, -0.15) is 5.10 Å². The molecule has 3 aromatic rings. The summed E-state index contributed by atoms with van der Waals surface area (Å²) in [6.45, 7) is 0. The maximum Gasteiger partial charge on any atom is 0.159 e. The van der Waals surface area contributed by atoms with E-state index in [9.17, 15) is 4.79 Å². The van der Waals surface area contributed by atoms with Gasteiger partial charge in [0.25, 0.3) is 0 Å². The molecule has 0 aliphatic carbocycles. The molecule has 0 saturated heterocycles. The molecule has 94 valence electrons. The highest BCUT2D eigenvalue weighted by Crippen LogP contribution is 2.19. The molecule has 6 heteroatoms. The van der Waals surface area contributed by atoms with Crippen LogP contribution < -0.4 is 0 Å². The minimum Gasteiger partial charge on any atom is -0.308 e. The Labute approximate surface area is 113 Å². The van der Waals surface area contributed by atoms with Gasteiger partial charge in [0.15, 0.2) is 5.65 Å². The third kappa shape index (κ3) is 1.96. The Kier molecular flexibility index (Phi) is 2.92. The number of H-pyrrole nitrogens is 1. The molecular weight excluding hydrogens is 260 g/mol. The van der Waals surface area contributed by atoms with Crippen LogP contribution in [0.2, 0.25) is 0 Å². The molecule has 2 aromatic heterocycles. The van der Waals surface area contributed by atoms with Gasteiger partial charge >= 0.3 is 0 Å². The second kappa shape index (κ2) is 4.74. The Hall–Kier alpha value is -2.34. The van der Waals surface area contributed by atoms with Gasteiger partial charge < -0.3 is 9.36 Å². The predicted octanol–water partition coefficient (Wildman–Crippen LogP) is 2.28. The molecule has 0 bridgehead atoms. The largest absolute Gasteiger partial charge is 0.308 e. The summed E-state index contributed by atoms with van der Waals surface area (Å²) in [5.41, 5.74) is 1.50. The number of hydrogen-bond donors (Lipinski definition) is 1. The van der Waals surface area contributed by atoms with Crippen LogP contribution in [0.1, 0.15) is 11.6 Å². The molecule has 1 aromatic carbocycles. The Morgan fingerprint density at radius 3 is 2.84 bits per heavy atom. The van der Waals surface area contributed by atoms with E-state index in [-0.39, 0.29) is 0 Å². The van der Waals surface area contributed by atoms with Crippen LogP contribution in [0.5, 0.6) is 0 Å². The van der Waals surface area contributed by atoms with Crippen LogP contribution in [0, 0.1) is 4.64 Å². The van der Waals surface area contributed by atoms with Crippen molar-refractivity contribution in [1.82, 2.24) is 19.7 Å². The molecule has 5 nitrogen and oxygen atoms in total. The van der Waals surface area contributed by atoms with E-state index in [4.69, 9.17) is 12.2 Å². The molecular formula is C13H10N4OS. The van der Waals surface area contributed by atoms with E-state index in [1.807, 2.05) is 30.3 Å². The normalized spacial score (nSPS) is 12.4. The van der Waals surface area contributed by atoms with Crippen molar-refractivity contribution in [3.63, 3.8) is 0 Å². The second-order valence-electron chi connectivity index (χ2n) is 4.08. The maximum atomic E-state index is 11.4. The van der Waals surface area contributed by atoms with Crippen LogP contribution in [0.3, 0.4) is 0 Å². The minimum atomic E-state index is -0.472. The van der Waals surface area contributed by atoms with E-state index < -0.39 is 6.04 Å². The van der Waals surface area contributed by atoms with E-state index in [1.54, 1.807) is 17.1 Å². The number of aromatic nitrogens is 4. The highest BCUT2D eigenvalue weighted by atomic mass is 32.1. The minimum absolute atomic E-state index is 0.472. The first kappa shape index (κ1) is 11.7. The number of fused-ring (bicyclic) bond motifs is 1. The summed E-state index contributed by atoms with van der Waals surface area (Å²) in [5.74, 6) is 0. The quantitative estimate of drug-likeness (QED) is 0.586. The number of nitrogens with zero attached hydrogens (tertiary/aromatic N) is 3. The average Bonchev–Trinajstić information content (AvgIpc) is 2.93. The van der Waals surface area contributed by atoms with Gasteiger partial charge in [0, 0.05) is 0 Å². The van der Waals surface area contributed by atoms with Gasteiger partial charge in [0.05, 0.1) is 17.9 Å². The average molecular weight is 270 g/mol. The van der Waals surface area contributed by atoms with E-state index in [0.717, 1.165) is 17.2 Å². The zero-order valence-corrected chi connectivity index (χ0v) is 10.7. The standard InChI is InChI=1S/C13H10N4OS/c18-7-11(9-4-2-1-3-5-9)17-8-14-12-10(13(17)19)6-15-16-12/h1-8,11H,(H,15,16). The summed E-state index contributed by atoms with van der Waals surface area (Å²) in [4.78, 5) is 15.6. The Balaban J connectivity index is 2.19. The Morgan fingerprint density at radius 1 is 1.32 bits per heavy atom. The zero-order chi connectivity index (χ0) is 13.2. The van der Waals surface area contributed by atoms with Crippen molar-refractivity contribution in [2.45, 2.75) is 6.04 Å². The first-order chi connectivity index (χ1) is 9.31. The SMILES string of the molecule is O=CC(c1ccccc1)n1cnc2[nH]ncc2c1=S. The Morgan fingerprint density at radius 2 is 2.11 bits per heavy atom. The number of aldehydes is 1. The summed E-state index contributed by atoms with van der Waals surface area (Å²) in [5, 5.41) is 7.40. The van der Waals surface area contributed by atoms with Gasteiger partial charge in [-0.1, -0.05) is 42.5 Å².